The van der Waals surface area contributed by atoms with Crippen LogP contribution in [0.15, 0.2) is 23.5 Å². The molecule has 0 saturated heterocycles. The van der Waals surface area contributed by atoms with Crippen molar-refractivity contribution in [3.8, 4) is 0 Å². The van der Waals surface area contributed by atoms with E-state index in [0.29, 0.717) is 0 Å². The van der Waals surface area contributed by atoms with Crippen LogP contribution in [0.3, 0.4) is 0 Å². The van der Waals surface area contributed by atoms with Gasteiger partial charge >= 0.3 is 0 Å². The number of aromatic amines is 1. The molecule has 7 nitrogen and oxygen atoms in total. The maximum atomic E-state index is 11.9. The fourth-order valence-electron chi connectivity index (χ4n) is 1.35. The zero-order chi connectivity index (χ0) is 12.5. The second kappa shape index (κ2) is 4.30. The van der Waals surface area contributed by atoms with Gasteiger partial charge in [0.2, 0.25) is 10.0 Å². The smallest absolute Gasteiger partial charge is 0.243 e. The molecule has 2 aromatic rings. The standard InChI is InChI=1S/C9H13N5O2S/c1-7-8(3-10-13-7)4-12-17(15,16)9-5-11-14(2)6-9/h3,5-6,12H,4H2,1-2H3,(H,10,13). The predicted molar refractivity (Wildman–Crippen MR) is 60.6 cm³/mol. The molecule has 2 heterocycles. The van der Waals surface area contributed by atoms with Gasteiger partial charge in [-0.1, -0.05) is 0 Å². The zero-order valence-electron chi connectivity index (χ0n) is 9.51. The molecule has 0 bridgehead atoms. The van der Waals surface area contributed by atoms with Crippen LogP contribution in [0.1, 0.15) is 11.3 Å². The largest absolute Gasteiger partial charge is 0.283 e. The van der Waals surface area contributed by atoms with Gasteiger partial charge in [0.25, 0.3) is 0 Å². The molecule has 2 rings (SSSR count). The number of nitrogens with zero attached hydrogens (tertiary/aromatic N) is 3. The van der Waals surface area contributed by atoms with Crippen molar-refractivity contribution in [3.63, 3.8) is 0 Å². The molecule has 17 heavy (non-hydrogen) atoms. The number of H-pyrrole nitrogens is 1. The maximum Gasteiger partial charge on any atom is 0.243 e. The highest BCUT2D eigenvalue weighted by Crippen LogP contribution is 2.08. The van der Waals surface area contributed by atoms with Crippen LogP contribution in [0.5, 0.6) is 0 Å². The van der Waals surface area contributed by atoms with E-state index in [4.69, 9.17) is 0 Å². The third kappa shape index (κ3) is 2.53. The third-order valence-electron chi connectivity index (χ3n) is 2.38. The number of nitrogens with one attached hydrogen (secondary N) is 2. The number of hydrogen-bond acceptors (Lipinski definition) is 4. The van der Waals surface area contributed by atoms with Gasteiger partial charge in [-0.25, -0.2) is 13.1 Å². The number of aromatic nitrogens is 4. The van der Waals surface area contributed by atoms with E-state index in [1.54, 1.807) is 13.2 Å². The molecular formula is C9H13N5O2S. The fourth-order valence-corrected chi connectivity index (χ4v) is 2.34. The average Bonchev–Trinajstić information content (AvgIpc) is 2.85. The Morgan fingerprint density at radius 3 is 2.76 bits per heavy atom. The van der Waals surface area contributed by atoms with Crippen LogP contribution in [-0.4, -0.2) is 28.4 Å². The molecule has 0 radical (unpaired) electrons. The highest BCUT2D eigenvalue weighted by Gasteiger charge is 2.16. The monoisotopic (exact) mass is 255 g/mol. The van der Waals surface area contributed by atoms with Gasteiger partial charge in [-0.05, 0) is 6.92 Å². The summed E-state index contributed by atoms with van der Waals surface area (Å²) in [5.74, 6) is 0. The first-order chi connectivity index (χ1) is 7.99. The van der Waals surface area contributed by atoms with E-state index in [2.05, 4.69) is 20.0 Å². The second-order valence-electron chi connectivity index (χ2n) is 3.69. The molecule has 8 heteroatoms. The summed E-state index contributed by atoms with van der Waals surface area (Å²) < 4.78 is 27.6. The van der Waals surface area contributed by atoms with Gasteiger partial charge in [0.05, 0.1) is 12.4 Å². The van der Waals surface area contributed by atoms with Crippen molar-refractivity contribution in [3.05, 3.63) is 29.8 Å². The Bertz CT molecular complexity index is 613. The first-order valence-corrected chi connectivity index (χ1v) is 6.44. The van der Waals surface area contributed by atoms with Gasteiger partial charge in [0.15, 0.2) is 0 Å². The van der Waals surface area contributed by atoms with Crippen molar-refractivity contribution < 1.29 is 8.42 Å². The van der Waals surface area contributed by atoms with Gasteiger partial charge in [-0.2, -0.15) is 10.2 Å². The van der Waals surface area contributed by atoms with Gasteiger partial charge in [-0.15, -0.1) is 0 Å². The quantitative estimate of drug-likeness (QED) is 0.799. The molecule has 0 aliphatic heterocycles. The van der Waals surface area contributed by atoms with Crippen LogP contribution in [0.25, 0.3) is 0 Å². The lowest BCUT2D eigenvalue weighted by Crippen LogP contribution is -2.23. The summed E-state index contributed by atoms with van der Waals surface area (Å²) in [5.41, 5.74) is 1.66. The molecule has 0 aliphatic carbocycles. The Morgan fingerprint density at radius 2 is 2.24 bits per heavy atom. The van der Waals surface area contributed by atoms with Crippen LogP contribution >= 0.6 is 0 Å². The Labute approximate surface area is 98.9 Å². The highest BCUT2D eigenvalue weighted by molar-refractivity contribution is 7.89. The Morgan fingerprint density at radius 1 is 1.47 bits per heavy atom. The Hall–Kier alpha value is -1.67. The van der Waals surface area contributed by atoms with E-state index in [0.717, 1.165) is 11.3 Å². The molecule has 2 aromatic heterocycles. The highest BCUT2D eigenvalue weighted by atomic mass is 32.2. The van der Waals surface area contributed by atoms with E-state index in [1.807, 2.05) is 6.92 Å². The van der Waals surface area contributed by atoms with Crippen LogP contribution in [0, 0.1) is 6.92 Å². The summed E-state index contributed by atoms with van der Waals surface area (Å²) in [6, 6.07) is 0. The lowest BCUT2D eigenvalue weighted by atomic mass is 10.3. The van der Waals surface area contributed by atoms with Crippen LogP contribution in [0.4, 0.5) is 0 Å². The van der Waals surface area contributed by atoms with Crippen LogP contribution in [-0.2, 0) is 23.6 Å². The van der Waals surface area contributed by atoms with E-state index in [1.165, 1.54) is 17.1 Å². The minimum Gasteiger partial charge on any atom is -0.283 e. The van der Waals surface area contributed by atoms with Crippen molar-refractivity contribution in [2.24, 2.45) is 7.05 Å². The number of aryl methyl sites for hydroxylation is 2. The van der Waals surface area contributed by atoms with E-state index < -0.39 is 10.0 Å². The first kappa shape index (κ1) is 11.8. The van der Waals surface area contributed by atoms with Gasteiger partial charge < -0.3 is 0 Å². The molecule has 2 N–H and O–H groups in total. The van der Waals surface area contributed by atoms with E-state index in [-0.39, 0.29) is 11.4 Å². The average molecular weight is 255 g/mol. The molecule has 0 atom stereocenters. The molecule has 92 valence electrons. The fraction of sp³-hybridized carbons (Fsp3) is 0.333. The summed E-state index contributed by atoms with van der Waals surface area (Å²) in [4.78, 5) is 0.154. The SMILES string of the molecule is Cc1[nH]ncc1CNS(=O)(=O)c1cnn(C)c1. The first-order valence-electron chi connectivity index (χ1n) is 4.96. The number of sulfonamides is 1. The molecule has 0 saturated carbocycles. The molecular weight excluding hydrogens is 242 g/mol. The lowest BCUT2D eigenvalue weighted by molar-refractivity contribution is 0.581. The molecule has 0 aliphatic rings. The number of rotatable bonds is 4. The Balaban J connectivity index is 2.11. The third-order valence-corrected chi connectivity index (χ3v) is 3.73. The Kier molecular flexibility index (Phi) is 2.99. The normalized spacial score (nSPS) is 11.9. The minimum absolute atomic E-state index is 0.154. The van der Waals surface area contributed by atoms with Crippen molar-refractivity contribution in [2.75, 3.05) is 0 Å². The van der Waals surface area contributed by atoms with Crippen molar-refractivity contribution in [2.45, 2.75) is 18.4 Å². The van der Waals surface area contributed by atoms with Gasteiger partial charge in [-0.3, -0.25) is 9.78 Å². The van der Waals surface area contributed by atoms with E-state index in [9.17, 15) is 8.42 Å². The molecule has 0 amide bonds. The van der Waals surface area contributed by atoms with Crippen molar-refractivity contribution >= 4 is 10.0 Å². The van der Waals surface area contributed by atoms with Crippen LogP contribution in [0.2, 0.25) is 0 Å². The van der Waals surface area contributed by atoms with Gasteiger partial charge in [0.1, 0.15) is 4.90 Å². The van der Waals surface area contributed by atoms with E-state index >= 15 is 0 Å². The second-order valence-corrected chi connectivity index (χ2v) is 5.46. The molecule has 0 unspecified atom stereocenters. The topological polar surface area (TPSA) is 92.7 Å². The number of hydrogen-bond donors (Lipinski definition) is 2. The summed E-state index contributed by atoms with van der Waals surface area (Å²) in [7, 11) is -1.84. The predicted octanol–water partition coefficient (Wildman–Crippen LogP) is -0.0699. The lowest BCUT2D eigenvalue weighted by Gasteiger charge is -2.03. The van der Waals surface area contributed by atoms with Crippen molar-refractivity contribution in [1.82, 2.24) is 24.7 Å². The summed E-state index contributed by atoms with van der Waals surface area (Å²) in [6.07, 6.45) is 4.36. The molecule has 0 spiro atoms. The summed E-state index contributed by atoms with van der Waals surface area (Å²) >= 11 is 0. The van der Waals surface area contributed by atoms with Gasteiger partial charge in [0, 0.05) is 31.0 Å². The van der Waals surface area contributed by atoms with Crippen LogP contribution < -0.4 is 4.72 Å². The zero-order valence-corrected chi connectivity index (χ0v) is 10.3. The minimum atomic E-state index is -3.51. The molecule has 0 aromatic carbocycles. The summed E-state index contributed by atoms with van der Waals surface area (Å²) in [6.45, 7) is 2.04. The summed E-state index contributed by atoms with van der Waals surface area (Å²) in [5, 5.41) is 10.4. The molecule has 0 fully saturated rings. The maximum absolute atomic E-state index is 11.9. The van der Waals surface area contributed by atoms with Crippen molar-refractivity contribution in [1.29, 1.82) is 0 Å².